The standard InChI is InChI=1S/C18H28N2OS.C2HF3O2/c1-15(2)19-9-6-18(7-10-19)5-3-8-20(14-18)17(21)12-16-4-11-22-13-16;3-2(4,5)1(6)7/h4,11,13,15H,3,5-10,12,14H2,1-2H3;(H,6,7). The first kappa shape index (κ1) is 23.7. The van der Waals surface area contributed by atoms with Gasteiger partial charge in [0.2, 0.25) is 5.91 Å². The number of rotatable bonds is 3. The first-order chi connectivity index (χ1) is 13.5. The van der Waals surface area contributed by atoms with Crippen molar-refractivity contribution < 1.29 is 27.9 Å². The van der Waals surface area contributed by atoms with E-state index in [0.717, 1.165) is 13.1 Å². The Morgan fingerprint density at radius 3 is 2.31 bits per heavy atom. The van der Waals surface area contributed by atoms with Crippen LogP contribution in [0.2, 0.25) is 0 Å². The predicted octanol–water partition coefficient (Wildman–Crippen LogP) is 4.04. The van der Waals surface area contributed by atoms with Gasteiger partial charge >= 0.3 is 12.1 Å². The second kappa shape index (κ2) is 9.93. The summed E-state index contributed by atoms with van der Waals surface area (Å²) in [6, 6.07) is 2.72. The number of carboxylic acids is 1. The van der Waals surface area contributed by atoms with E-state index < -0.39 is 12.1 Å². The molecule has 2 aliphatic heterocycles. The lowest BCUT2D eigenvalue weighted by Crippen LogP contribution is -2.52. The molecular formula is C20H29F3N2O3S. The molecule has 3 rings (SSSR count). The molecule has 3 heterocycles. The Kier molecular flexibility index (Phi) is 8.10. The van der Waals surface area contributed by atoms with E-state index in [4.69, 9.17) is 9.90 Å². The number of hydrogen-bond acceptors (Lipinski definition) is 4. The van der Waals surface area contributed by atoms with Crippen LogP contribution in [0.1, 0.15) is 45.1 Å². The van der Waals surface area contributed by atoms with Crippen molar-refractivity contribution in [2.75, 3.05) is 26.2 Å². The van der Waals surface area contributed by atoms with Gasteiger partial charge in [0.05, 0.1) is 6.42 Å². The van der Waals surface area contributed by atoms with Crippen LogP contribution in [0, 0.1) is 5.41 Å². The van der Waals surface area contributed by atoms with E-state index in [1.165, 1.54) is 44.3 Å². The third-order valence-electron chi connectivity index (χ3n) is 5.78. The highest BCUT2D eigenvalue weighted by Crippen LogP contribution is 2.40. The smallest absolute Gasteiger partial charge is 0.475 e. The first-order valence-corrected chi connectivity index (χ1v) is 10.8. The summed E-state index contributed by atoms with van der Waals surface area (Å²) in [5.74, 6) is -2.43. The van der Waals surface area contributed by atoms with Crippen LogP contribution >= 0.6 is 11.3 Å². The van der Waals surface area contributed by atoms with Crippen LogP contribution in [0.25, 0.3) is 0 Å². The van der Waals surface area contributed by atoms with Crippen LogP contribution in [0.4, 0.5) is 13.2 Å². The Hall–Kier alpha value is -1.61. The van der Waals surface area contributed by atoms with Crippen molar-refractivity contribution >= 4 is 23.2 Å². The quantitative estimate of drug-likeness (QED) is 0.780. The molecule has 2 saturated heterocycles. The monoisotopic (exact) mass is 434 g/mol. The number of halogens is 3. The van der Waals surface area contributed by atoms with Gasteiger partial charge in [0.1, 0.15) is 0 Å². The lowest BCUT2D eigenvalue weighted by Gasteiger charge is -2.48. The molecule has 29 heavy (non-hydrogen) atoms. The number of carboxylic acid groups (broad SMARTS) is 1. The molecule has 9 heteroatoms. The fraction of sp³-hybridized carbons (Fsp3) is 0.700. The average molecular weight is 435 g/mol. The normalized spacial score (nSPS) is 19.7. The molecule has 2 fully saturated rings. The molecule has 164 valence electrons. The largest absolute Gasteiger partial charge is 0.490 e. The molecule has 0 aliphatic carbocycles. The second-order valence-electron chi connectivity index (χ2n) is 8.16. The molecule has 0 unspecified atom stereocenters. The Balaban J connectivity index is 0.000000370. The second-order valence-corrected chi connectivity index (χ2v) is 8.94. The van der Waals surface area contributed by atoms with E-state index in [1.807, 2.05) is 0 Å². The number of carbonyl (C=O) groups excluding carboxylic acids is 1. The Morgan fingerprint density at radius 1 is 1.21 bits per heavy atom. The molecule has 1 N–H and O–H groups in total. The van der Waals surface area contributed by atoms with E-state index in [-0.39, 0.29) is 0 Å². The summed E-state index contributed by atoms with van der Waals surface area (Å²) in [6.45, 7) is 8.92. The SMILES string of the molecule is CC(C)N1CCC2(CCCN(C(=O)Cc3ccsc3)C2)CC1.O=C(O)C(F)(F)F. The van der Waals surface area contributed by atoms with Crippen molar-refractivity contribution in [1.82, 2.24) is 9.80 Å². The van der Waals surface area contributed by atoms with Crippen molar-refractivity contribution in [2.45, 2.75) is 58.2 Å². The van der Waals surface area contributed by atoms with Gasteiger partial charge in [0, 0.05) is 19.1 Å². The highest BCUT2D eigenvalue weighted by atomic mass is 32.1. The molecule has 0 bridgehead atoms. The summed E-state index contributed by atoms with van der Waals surface area (Å²) in [6.07, 6.45) is 0.497. The molecule has 1 spiro atoms. The van der Waals surface area contributed by atoms with Crippen LogP contribution in [0.15, 0.2) is 16.8 Å². The van der Waals surface area contributed by atoms with E-state index in [1.54, 1.807) is 11.3 Å². The molecule has 0 saturated carbocycles. The number of likely N-dealkylation sites (tertiary alicyclic amines) is 2. The summed E-state index contributed by atoms with van der Waals surface area (Å²) in [5.41, 5.74) is 1.57. The zero-order valence-corrected chi connectivity index (χ0v) is 17.7. The van der Waals surface area contributed by atoms with E-state index >= 15 is 0 Å². The maximum atomic E-state index is 12.6. The van der Waals surface area contributed by atoms with Crippen LogP contribution in [0.5, 0.6) is 0 Å². The van der Waals surface area contributed by atoms with E-state index in [0.29, 0.717) is 23.8 Å². The van der Waals surface area contributed by atoms with Gasteiger partial charge in [-0.2, -0.15) is 24.5 Å². The van der Waals surface area contributed by atoms with Crippen LogP contribution in [0.3, 0.4) is 0 Å². The maximum absolute atomic E-state index is 12.6. The van der Waals surface area contributed by atoms with Crippen molar-refractivity contribution in [3.8, 4) is 0 Å². The lowest BCUT2D eigenvalue weighted by molar-refractivity contribution is -0.192. The minimum Gasteiger partial charge on any atom is -0.475 e. The van der Waals surface area contributed by atoms with Gasteiger partial charge in [-0.25, -0.2) is 4.79 Å². The van der Waals surface area contributed by atoms with Gasteiger partial charge in [-0.1, -0.05) is 0 Å². The number of aliphatic carboxylic acids is 1. The maximum Gasteiger partial charge on any atom is 0.490 e. The predicted molar refractivity (Wildman–Crippen MR) is 106 cm³/mol. The number of nitrogens with zero attached hydrogens (tertiary/aromatic N) is 2. The Morgan fingerprint density at radius 2 is 1.83 bits per heavy atom. The molecule has 0 radical (unpaired) electrons. The summed E-state index contributed by atoms with van der Waals surface area (Å²) in [4.78, 5) is 26.2. The molecule has 1 aromatic rings. The van der Waals surface area contributed by atoms with Crippen molar-refractivity contribution in [1.29, 1.82) is 0 Å². The number of hydrogen-bond donors (Lipinski definition) is 1. The highest BCUT2D eigenvalue weighted by molar-refractivity contribution is 7.08. The van der Waals surface area contributed by atoms with Gasteiger partial charge in [-0.15, -0.1) is 0 Å². The lowest BCUT2D eigenvalue weighted by atomic mass is 9.72. The topological polar surface area (TPSA) is 60.9 Å². The number of amides is 1. The fourth-order valence-corrected chi connectivity index (χ4v) is 4.69. The molecule has 2 aliphatic rings. The van der Waals surface area contributed by atoms with Crippen molar-refractivity contribution in [3.05, 3.63) is 22.4 Å². The Labute approximate surface area is 173 Å². The van der Waals surface area contributed by atoms with Crippen molar-refractivity contribution in [2.24, 2.45) is 5.41 Å². The minimum absolute atomic E-state index is 0.323. The first-order valence-electron chi connectivity index (χ1n) is 9.85. The average Bonchev–Trinajstić information content (AvgIpc) is 3.15. The zero-order valence-electron chi connectivity index (χ0n) is 16.9. The number of alkyl halides is 3. The molecule has 5 nitrogen and oxygen atoms in total. The minimum atomic E-state index is -5.08. The third-order valence-corrected chi connectivity index (χ3v) is 6.51. The van der Waals surface area contributed by atoms with Crippen LogP contribution in [-0.2, 0) is 16.0 Å². The van der Waals surface area contributed by atoms with Gasteiger partial charge in [-0.3, -0.25) is 4.79 Å². The van der Waals surface area contributed by atoms with E-state index in [9.17, 15) is 18.0 Å². The molecule has 0 atom stereocenters. The molecule has 1 amide bonds. The van der Waals surface area contributed by atoms with Crippen LogP contribution in [-0.4, -0.2) is 65.2 Å². The molecule has 0 aromatic carbocycles. The number of carbonyl (C=O) groups is 2. The van der Waals surface area contributed by atoms with Crippen molar-refractivity contribution in [3.63, 3.8) is 0 Å². The zero-order chi connectivity index (χ0) is 21.7. The summed E-state index contributed by atoms with van der Waals surface area (Å²) >= 11 is 1.68. The van der Waals surface area contributed by atoms with Crippen LogP contribution < -0.4 is 0 Å². The van der Waals surface area contributed by atoms with Gasteiger partial charge < -0.3 is 14.9 Å². The summed E-state index contributed by atoms with van der Waals surface area (Å²) in [5, 5.41) is 11.3. The molecular weight excluding hydrogens is 405 g/mol. The summed E-state index contributed by atoms with van der Waals surface area (Å²) < 4.78 is 31.7. The third kappa shape index (κ3) is 6.99. The van der Waals surface area contributed by atoms with E-state index in [2.05, 4.69) is 40.5 Å². The summed E-state index contributed by atoms with van der Waals surface area (Å²) in [7, 11) is 0. The van der Waals surface area contributed by atoms with Gasteiger partial charge in [-0.05, 0) is 80.4 Å². The number of thiophene rings is 1. The number of piperidine rings is 2. The van der Waals surface area contributed by atoms with Gasteiger partial charge in [0.25, 0.3) is 0 Å². The van der Waals surface area contributed by atoms with Gasteiger partial charge in [0.15, 0.2) is 0 Å². The highest BCUT2D eigenvalue weighted by Gasteiger charge is 2.40. The Bertz CT molecular complexity index is 669. The fourth-order valence-electron chi connectivity index (χ4n) is 4.02. The molecule has 1 aromatic heterocycles.